The number of carboxylic acid groups (broad SMARTS) is 1. The smallest absolute Gasteiger partial charge is 0.548 e. The second kappa shape index (κ2) is 10.4. The summed E-state index contributed by atoms with van der Waals surface area (Å²) in [6.07, 6.45) is 2.20. The van der Waals surface area contributed by atoms with Crippen molar-refractivity contribution >= 4 is 17.7 Å². The number of nitrogens with one attached hydrogen (secondary N) is 1. The zero-order valence-electron chi connectivity index (χ0n) is 7.07. The molecule has 0 bridgehead atoms. The molecule has 0 aromatic carbocycles. The Morgan fingerprint density at radius 1 is 1.83 bits per heavy atom. The summed E-state index contributed by atoms with van der Waals surface area (Å²) in [4.78, 5) is 13.7. The Kier molecular flexibility index (Phi) is 13.7. The van der Waals surface area contributed by atoms with Crippen LogP contribution in [0.5, 0.6) is 0 Å². The van der Waals surface area contributed by atoms with Crippen LogP contribution >= 0.6 is 11.8 Å². The maximum atomic E-state index is 10.2. The first-order valence-electron chi connectivity index (χ1n) is 2.98. The van der Waals surface area contributed by atoms with Crippen LogP contribution in [-0.2, 0) is 9.78 Å². The Morgan fingerprint density at radius 2 is 2.42 bits per heavy atom. The average Bonchev–Trinajstić information content (AvgIpc) is 1.97. The normalized spacial score (nSPS) is 11.8. The van der Waals surface area contributed by atoms with Crippen LogP contribution in [0, 0.1) is 0 Å². The fourth-order valence-corrected chi connectivity index (χ4v) is 0.996. The van der Waals surface area contributed by atoms with Crippen molar-refractivity contribution in [3.63, 3.8) is 0 Å². The van der Waals surface area contributed by atoms with Gasteiger partial charge in [0.05, 0.1) is 12.0 Å². The minimum atomic E-state index is -1.28. The van der Waals surface area contributed by atoms with E-state index in [4.69, 9.17) is 5.26 Å². The van der Waals surface area contributed by atoms with Gasteiger partial charge in [0.25, 0.3) is 0 Å². The van der Waals surface area contributed by atoms with Gasteiger partial charge in [-0.15, -0.1) is 4.99 Å². The SMILES string of the molecule is CSCC[C@H](NOO)C(=O)[O-].[K+]. The van der Waals surface area contributed by atoms with Gasteiger partial charge < -0.3 is 9.90 Å². The number of rotatable bonds is 6. The van der Waals surface area contributed by atoms with Gasteiger partial charge in [-0.05, 0) is 18.4 Å². The summed E-state index contributed by atoms with van der Waals surface area (Å²) in [7, 11) is 0. The molecule has 0 aliphatic heterocycles. The minimum absolute atomic E-state index is 0. The fourth-order valence-electron chi connectivity index (χ4n) is 0.524. The van der Waals surface area contributed by atoms with Gasteiger partial charge >= 0.3 is 51.4 Å². The van der Waals surface area contributed by atoms with Crippen LogP contribution in [0.2, 0.25) is 0 Å². The summed E-state index contributed by atoms with van der Waals surface area (Å²) in [5.74, 6) is -0.622. The van der Waals surface area contributed by atoms with Gasteiger partial charge in [0, 0.05) is 0 Å². The molecule has 2 N–H and O–H groups in total. The number of hydrogen-bond acceptors (Lipinski definition) is 6. The molecule has 0 unspecified atom stereocenters. The number of thioether (sulfide) groups is 1. The maximum absolute atomic E-state index is 10.2. The monoisotopic (exact) mass is 219 g/mol. The van der Waals surface area contributed by atoms with Crippen molar-refractivity contribution in [2.24, 2.45) is 0 Å². The van der Waals surface area contributed by atoms with Gasteiger partial charge in [0.1, 0.15) is 0 Å². The number of carbonyl (C=O) groups is 1. The van der Waals surface area contributed by atoms with E-state index >= 15 is 0 Å². The maximum Gasteiger partial charge on any atom is 1.00 e. The van der Waals surface area contributed by atoms with Crippen LogP contribution in [0.3, 0.4) is 0 Å². The van der Waals surface area contributed by atoms with Crippen molar-refractivity contribution < 1.29 is 71.5 Å². The summed E-state index contributed by atoms with van der Waals surface area (Å²) >= 11 is 1.50. The van der Waals surface area contributed by atoms with Crippen LogP contribution in [0.4, 0.5) is 0 Å². The quantitative estimate of drug-likeness (QED) is 0.268. The van der Waals surface area contributed by atoms with Gasteiger partial charge in [-0.2, -0.15) is 17.2 Å². The third-order valence-corrected chi connectivity index (χ3v) is 1.73. The summed E-state index contributed by atoms with van der Waals surface area (Å²) in [5.41, 5.74) is 1.90. The molecule has 0 aromatic heterocycles. The van der Waals surface area contributed by atoms with Gasteiger partial charge in [-0.25, -0.2) is 5.26 Å². The number of hydrogen-bond donors (Lipinski definition) is 2. The summed E-state index contributed by atoms with van der Waals surface area (Å²) in [6.45, 7) is 0. The minimum Gasteiger partial charge on any atom is -0.548 e. The molecule has 7 heteroatoms. The predicted molar refractivity (Wildman–Crippen MR) is 38.6 cm³/mol. The van der Waals surface area contributed by atoms with E-state index < -0.39 is 12.0 Å². The molecular formula is C5H10KNO4S. The number of aliphatic carboxylic acids is 1. The van der Waals surface area contributed by atoms with Crippen molar-refractivity contribution in [2.75, 3.05) is 12.0 Å². The van der Waals surface area contributed by atoms with E-state index in [0.29, 0.717) is 12.2 Å². The van der Waals surface area contributed by atoms with Crippen LogP contribution in [0.15, 0.2) is 0 Å². The Labute approximate surface area is 118 Å². The molecule has 0 radical (unpaired) electrons. The van der Waals surface area contributed by atoms with E-state index in [2.05, 4.69) is 4.99 Å². The molecule has 5 nitrogen and oxygen atoms in total. The van der Waals surface area contributed by atoms with Crippen LogP contribution in [-0.4, -0.2) is 29.3 Å². The molecule has 0 fully saturated rings. The van der Waals surface area contributed by atoms with Crippen LogP contribution < -0.4 is 62.0 Å². The Hall–Kier alpha value is 1.34. The Bertz CT molecular complexity index is 126. The molecule has 0 aromatic rings. The second-order valence-electron chi connectivity index (χ2n) is 1.86. The van der Waals surface area contributed by atoms with Gasteiger partial charge in [-0.1, -0.05) is 0 Å². The number of hydroxylamine groups is 1. The molecule has 0 heterocycles. The predicted octanol–water partition coefficient (Wildman–Crippen LogP) is -4.14. The Balaban J connectivity index is 0. The van der Waals surface area contributed by atoms with Crippen LogP contribution in [0.1, 0.15) is 6.42 Å². The van der Waals surface area contributed by atoms with E-state index in [1.807, 2.05) is 11.7 Å². The fraction of sp³-hybridized carbons (Fsp3) is 0.800. The summed E-state index contributed by atoms with van der Waals surface area (Å²) < 4.78 is 0. The number of carbonyl (C=O) groups excluding carboxylic acids is 1. The topological polar surface area (TPSA) is 81.6 Å². The van der Waals surface area contributed by atoms with E-state index in [1.54, 1.807) is 0 Å². The third kappa shape index (κ3) is 7.96. The van der Waals surface area contributed by atoms with Crippen molar-refractivity contribution in [3.8, 4) is 0 Å². The van der Waals surface area contributed by atoms with E-state index in [9.17, 15) is 9.90 Å². The molecule has 0 aliphatic carbocycles. The first-order chi connectivity index (χ1) is 5.22. The second-order valence-corrected chi connectivity index (χ2v) is 2.85. The number of carboxylic acids is 1. The van der Waals surface area contributed by atoms with E-state index in [0.717, 1.165) is 0 Å². The largest absolute Gasteiger partial charge is 1.00 e. The van der Waals surface area contributed by atoms with Crippen molar-refractivity contribution in [2.45, 2.75) is 12.5 Å². The van der Waals surface area contributed by atoms with Crippen LogP contribution in [0.25, 0.3) is 0 Å². The first-order valence-corrected chi connectivity index (χ1v) is 4.37. The van der Waals surface area contributed by atoms with Gasteiger partial charge in [0.2, 0.25) is 0 Å². The third-order valence-electron chi connectivity index (χ3n) is 1.09. The van der Waals surface area contributed by atoms with Crippen molar-refractivity contribution in [3.05, 3.63) is 0 Å². The van der Waals surface area contributed by atoms with Gasteiger partial charge in [-0.3, -0.25) is 0 Å². The average molecular weight is 219 g/mol. The van der Waals surface area contributed by atoms with Crippen molar-refractivity contribution in [1.29, 1.82) is 0 Å². The van der Waals surface area contributed by atoms with Crippen molar-refractivity contribution in [1.82, 2.24) is 5.48 Å². The summed E-state index contributed by atoms with van der Waals surface area (Å²) in [6, 6.07) is -0.951. The molecule has 0 saturated carbocycles. The zero-order valence-corrected chi connectivity index (χ0v) is 11.0. The Morgan fingerprint density at radius 3 is 2.75 bits per heavy atom. The standard InChI is InChI=1S/C5H11NO4S.K/c1-11-3-2-4(5(7)8)6-10-9;/h4,6,9H,2-3H2,1H3,(H,7,8);/q;+1/p-1/t4-;/m0./s1. The molecule has 0 amide bonds. The molecule has 12 heavy (non-hydrogen) atoms. The molecule has 0 saturated heterocycles. The first kappa shape index (κ1) is 15.8. The zero-order chi connectivity index (χ0) is 8.69. The molecule has 0 rings (SSSR count). The van der Waals surface area contributed by atoms with Gasteiger partial charge in [0.15, 0.2) is 0 Å². The van der Waals surface area contributed by atoms with E-state index in [1.165, 1.54) is 11.8 Å². The van der Waals surface area contributed by atoms with E-state index in [-0.39, 0.29) is 51.4 Å². The molecule has 1 atom stereocenters. The summed E-state index contributed by atoms with van der Waals surface area (Å²) in [5, 5.41) is 18.1. The molecule has 0 spiro atoms. The molecular weight excluding hydrogens is 209 g/mol. The molecule has 66 valence electrons. The molecule has 0 aliphatic rings.